The number of hydroxylamine groups is 2. The topological polar surface area (TPSA) is 401 Å². The quantitative estimate of drug-likeness (QED) is 0.0377. The summed E-state index contributed by atoms with van der Waals surface area (Å²) < 4.78 is 31.8. The van der Waals surface area contributed by atoms with Gasteiger partial charge in [0.05, 0.1) is 12.5 Å². The molecule has 0 saturated carbocycles. The number of hydrogen-bond donors (Lipinski definition) is 10. The predicted molar refractivity (Wildman–Crippen MR) is 289 cm³/mol. The van der Waals surface area contributed by atoms with Crippen LogP contribution in [0.5, 0.6) is 0 Å². The molecule has 11 N–H and O–H groups in total. The minimum Gasteiger partial charge on any atom is -0.481 e. The Morgan fingerprint density at radius 2 is 1.35 bits per heavy atom. The molecule has 456 valence electrons. The molecule has 84 heavy (non-hydrogen) atoms. The summed E-state index contributed by atoms with van der Waals surface area (Å²) >= 11 is 0. The largest absolute Gasteiger partial charge is 0.481 e. The number of amides is 10. The number of carbonyl (C=O) groups is 13. The van der Waals surface area contributed by atoms with Crippen molar-refractivity contribution in [2.24, 2.45) is 11.1 Å². The van der Waals surface area contributed by atoms with Gasteiger partial charge < -0.3 is 67.3 Å². The zero-order valence-electron chi connectivity index (χ0n) is 46.9. The minimum absolute atomic E-state index is 0.104. The average Bonchev–Trinajstić information content (AvgIpc) is 2.02. The number of hydrogen-bond acceptors (Lipinski definition) is 15. The van der Waals surface area contributed by atoms with Crippen LogP contribution in [0.1, 0.15) is 116 Å². The first kappa shape index (κ1) is 67.4. The van der Waals surface area contributed by atoms with E-state index in [1.54, 1.807) is 55.8 Å². The summed E-state index contributed by atoms with van der Waals surface area (Å²) in [5.41, 5.74) is 5.75. The number of imide groups is 1. The van der Waals surface area contributed by atoms with Crippen LogP contribution >= 0.6 is 0 Å². The molecule has 2 aromatic carbocycles. The van der Waals surface area contributed by atoms with E-state index in [1.165, 1.54) is 18.7 Å². The number of rotatable bonds is 32. The number of carbonyl (C=O) groups excluding carboxylic acids is 11. The van der Waals surface area contributed by atoms with Crippen LogP contribution in [0.3, 0.4) is 0 Å². The van der Waals surface area contributed by atoms with Crippen molar-refractivity contribution in [1.29, 1.82) is 0 Å². The average molecular weight is 1180 g/mol. The van der Waals surface area contributed by atoms with Gasteiger partial charge in [-0.3, -0.25) is 52.7 Å². The van der Waals surface area contributed by atoms with E-state index in [-0.39, 0.29) is 49.8 Å². The Balaban J connectivity index is 1.59. The minimum atomic E-state index is -1.86. The second-order valence-electron chi connectivity index (χ2n) is 20.8. The summed E-state index contributed by atoms with van der Waals surface area (Å²) in [4.78, 5) is 171. The molecule has 0 bridgehead atoms. The molecule has 0 spiro atoms. The van der Waals surface area contributed by atoms with Crippen LogP contribution in [-0.4, -0.2) is 157 Å². The number of halogens is 2. The highest BCUT2D eigenvalue weighted by Gasteiger charge is 2.39. The van der Waals surface area contributed by atoms with Crippen molar-refractivity contribution in [1.82, 2.24) is 46.4 Å². The number of aliphatic hydroxyl groups excluding tert-OH is 1. The molecule has 3 aromatic rings. The van der Waals surface area contributed by atoms with Gasteiger partial charge in [0, 0.05) is 81.2 Å². The highest BCUT2D eigenvalue weighted by Crippen LogP contribution is 2.41. The van der Waals surface area contributed by atoms with Gasteiger partial charge in [-0.1, -0.05) is 51.1 Å². The second-order valence-corrected chi connectivity index (χ2v) is 20.8. The van der Waals surface area contributed by atoms with Crippen LogP contribution in [0, 0.1) is 17.0 Å². The second kappa shape index (κ2) is 31.3. The molecule has 27 nitrogen and oxygen atoms in total. The molecular formula is C55H70F2N10O17. The Hall–Kier alpha value is -9.15. The van der Waals surface area contributed by atoms with Crippen LogP contribution in [-0.2, 0) is 73.7 Å². The van der Waals surface area contributed by atoms with Crippen LogP contribution in [0.4, 0.5) is 8.78 Å². The number of aromatic nitrogens is 1. The number of aliphatic carboxylic acids is 2. The zero-order chi connectivity index (χ0) is 62.6. The van der Waals surface area contributed by atoms with Gasteiger partial charge in [0.15, 0.2) is 0 Å². The number of benzene rings is 2. The highest BCUT2D eigenvalue weighted by molar-refractivity contribution is 6.02. The standard InChI is InChI=1S/C55H70F2N10O17/c1-30(60-42(70)12-9-13-48(77)84-67-44(72)17-18-45(67)73)50(78)61-31(2)51(79)64-39(26-41(58)69)53(81)63-37(52(80)59-22-20-43(71)62-38(54(82)83)16-19-47(75)76)21-23-66(46(74)29-68)49(55(3,4)5)40-24-33(35-25-34(56)14-15-36(35)57)28-65(40)27-32-10-7-6-8-11-32/h6-8,10-11,14-15,24-25,28,30-31,37-39,49,68H,9,12-13,16-23,26-27,29H2,1-5H3,(H2,58,69)(H,59,80)(H,60,70)(H,61,78)(H,62,71)(H,63,81)(H,64,79)(H,75,76)(H,82,83)/t30-,31-,37+,38-,39+,49+/m1/s1. The fraction of sp³-hybridized carbons (Fsp3) is 0.473. The molecule has 0 radical (unpaired) electrons. The van der Waals surface area contributed by atoms with Gasteiger partial charge in [-0.2, -0.15) is 0 Å². The summed E-state index contributed by atoms with van der Waals surface area (Å²) in [5, 5.41) is 43.4. The van der Waals surface area contributed by atoms with E-state index in [1.807, 2.05) is 12.1 Å². The van der Waals surface area contributed by atoms with Gasteiger partial charge in [-0.25, -0.2) is 18.4 Å². The number of aliphatic hydroxyl groups is 1. The highest BCUT2D eigenvalue weighted by atomic mass is 19.1. The zero-order valence-corrected chi connectivity index (χ0v) is 46.9. The van der Waals surface area contributed by atoms with E-state index in [0.29, 0.717) is 10.8 Å². The number of carboxylic acids is 2. The molecule has 0 unspecified atom stereocenters. The lowest BCUT2D eigenvalue weighted by Crippen LogP contribution is -2.58. The third-order valence-corrected chi connectivity index (χ3v) is 13.0. The van der Waals surface area contributed by atoms with Crippen molar-refractivity contribution in [2.75, 3.05) is 19.7 Å². The van der Waals surface area contributed by atoms with Gasteiger partial charge in [0.1, 0.15) is 48.5 Å². The van der Waals surface area contributed by atoms with E-state index in [2.05, 4.69) is 31.9 Å². The van der Waals surface area contributed by atoms with Crippen molar-refractivity contribution in [3.8, 4) is 11.1 Å². The lowest BCUT2D eigenvalue weighted by Gasteiger charge is -2.41. The number of carboxylic acid groups (broad SMARTS) is 2. The van der Waals surface area contributed by atoms with Gasteiger partial charge in [-0.15, -0.1) is 5.06 Å². The van der Waals surface area contributed by atoms with Gasteiger partial charge >= 0.3 is 17.9 Å². The summed E-state index contributed by atoms with van der Waals surface area (Å²) in [6, 6.07) is 4.41. The van der Waals surface area contributed by atoms with Gasteiger partial charge in [0.2, 0.25) is 47.3 Å². The monoisotopic (exact) mass is 1180 g/mol. The number of nitrogens with zero attached hydrogens (tertiary/aromatic N) is 3. The van der Waals surface area contributed by atoms with E-state index in [9.17, 15) is 76.9 Å². The van der Waals surface area contributed by atoms with E-state index in [0.717, 1.165) is 23.8 Å². The van der Waals surface area contributed by atoms with E-state index >= 15 is 4.39 Å². The number of primary amides is 1. The maximum Gasteiger partial charge on any atom is 0.333 e. The van der Waals surface area contributed by atoms with Crippen LogP contribution in [0.15, 0.2) is 60.8 Å². The Morgan fingerprint density at radius 3 is 1.95 bits per heavy atom. The molecule has 4 rings (SSSR count). The normalized spacial score (nSPS) is 14.4. The summed E-state index contributed by atoms with van der Waals surface area (Å²) in [7, 11) is 0. The predicted octanol–water partition coefficient (Wildman–Crippen LogP) is 0.352. The molecule has 29 heteroatoms. The van der Waals surface area contributed by atoms with Crippen molar-refractivity contribution >= 4 is 77.0 Å². The third-order valence-electron chi connectivity index (χ3n) is 13.0. The molecule has 6 atom stereocenters. The smallest absolute Gasteiger partial charge is 0.333 e. The van der Waals surface area contributed by atoms with Gasteiger partial charge in [-0.05, 0) is 68.4 Å². The Bertz CT molecular complexity index is 2930. The Labute approximate surface area is 480 Å². The number of nitrogens with one attached hydrogen (secondary N) is 6. The maximum absolute atomic E-state index is 15.4. The Morgan fingerprint density at radius 1 is 0.726 bits per heavy atom. The fourth-order valence-corrected chi connectivity index (χ4v) is 8.81. The first-order chi connectivity index (χ1) is 39.5. The van der Waals surface area contributed by atoms with Crippen molar-refractivity contribution < 1.29 is 91.3 Å². The molecule has 1 aliphatic heterocycles. The van der Waals surface area contributed by atoms with E-state index in [4.69, 9.17) is 15.7 Å². The molecule has 1 fully saturated rings. The molecular weight excluding hydrogens is 1110 g/mol. The SMILES string of the molecule is C[C@@H](NC(=O)CCCC(=O)ON1C(=O)CCC1=O)C(=O)N[C@H](C)C(=O)N[C@@H](CC(N)=O)C(=O)N[C@@H](CCN(C(=O)CO)[C@@H](c1cc(-c2cc(F)ccc2F)cn1Cc1ccccc1)C(C)(C)C)C(=O)NCCC(=O)N[C@H](CCC(=O)O)C(=O)O. The lowest BCUT2D eigenvalue weighted by molar-refractivity contribution is -0.197. The molecule has 1 saturated heterocycles. The van der Waals surface area contributed by atoms with Crippen LogP contribution in [0.25, 0.3) is 11.1 Å². The molecule has 10 amide bonds. The third kappa shape index (κ3) is 20.7. The lowest BCUT2D eigenvalue weighted by atomic mass is 9.82. The summed E-state index contributed by atoms with van der Waals surface area (Å²) in [6.45, 7) is 5.77. The fourth-order valence-electron chi connectivity index (χ4n) is 8.81. The molecule has 2 heterocycles. The van der Waals surface area contributed by atoms with E-state index < -0.39 is 182 Å². The molecule has 1 aromatic heterocycles. The van der Waals surface area contributed by atoms with Gasteiger partial charge in [0.25, 0.3) is 11.8 Å². The maximum atomic E-state index is 15.4. The van der Waals surface area contributed by atoms with Crippen molar-refractivity contribution in [3.63, 3.8) is 0 Å². The van der Waals surface area contributed by atoms with Crippen molar-refractivity contribution in [2.45, 2.75) is 142 Å². The van der Waals surface area contributed by atoms with Crippen LogP contribution < -0.4 is 37.6 Å². The van der Waals surface area contributed by atoms with Crippen molar-refractivity contribution in [3.05, 3.63) is 83.7 Å². The Kier molecular flexibility index (Phi) is 25.1. The first-order valence-electron chi connectivity index (χ1n) is 26.7. The first-order valence-corrected chi connectivity index (χ1v) is 26.7. The number of nitrogens with two attached hydrogens (primary N) is 1. The summed E-state index contributed by atoms with van der Waals surface area (Å²) in [6.07, 6.45) is -2.49. The van der Waals surface area contributed by atoms with Crippen LogP contribution in [0.2, 0.25) is 0 Å². The summed E-state index contributed by atoms with van der Waals surface area (Å²) in [5.74, 6) is -14.6. The molecule has 1 aliphatic rings. The molecule has 0 aliphatic carbocycles.